The first-order chi connectivity index (χ1) is 8.88. The second-order valence-electron chi connectivity index (χ2n) is 5.28. The minimum atomic E-state index is -3.79. The molecule has 0 aromatic carbocycles. The average Bonchev–Trinajstić information content (AvgIpc) is 3.23. The first-order valence-corrected chi connectivity index (χ1v) is 8.62. The van der Waals surface area contributed by atoms with Crippen LogP contribution in [0.15, 0.2) is 17.2 Å². The minimum Gasteiger partial charge on any atom is -0.339 e. The average molecular weight is 303 g/mol. The first-order valence-electron chi connectivity index (χ1n) is 6.31. The van der Waals surface area contributed by atoms with Gasteiger partial charge in [-0.3, -0.25) is 4.79 Å². The van der Waals surface area contributed by atoms with Gasteiger partial charge in [0, 0.05) is 36.0 Å². The van der Waals surface area contributed by atoms with Gasteiger partial charge in [-0.1, -0.05) is 0 Å². The van der Waals surface area contributed by atoms with Gasteiger partial charge < -0.3 is 9.47 Å². The van der Waals surface area contributed by atoms with Crippen LogP contribution in [0.4, 0.5) is 0 Å². The fraction of sp³-hybridized carbons (Fsp3) is 0.583. The van der Waals surface area contributed by atoms with Crippen LogP contribution in [0.1, 0.15) is 42.2 Å². The highest BCUT2D eigenvalue weighted by molar-refractivity contribution is 8.13. The molecule has 1 aromatic heterocycles. The maximum atomic E-state index is 12.4. The Bertz CT molecular complexity index is 629. The molecule has 0 aliphatic heterocycles. The van der Waals surface area contributed by atoms with Crippen LogP contribution in [0.5, 0.6) is 0 Å². The molecular formula is C12H15ClN2O3S. The molecule has 2 aliphatic rings. The number of amides is 1. The second kappa shape index (κ2) is 4.24. The summed E-state index contributed by atoms with van der Waals surface area (Å²) >= 11 is 0. The Hall–Kier alpha value is -1.01. The number of nitrogens with zero attached hydrogens (tertiary/aromatic N) is 2. The van der Waals surface area contributed by atoms with Crippen molar-refractivity contribution < 1.29 is 13.2 Å². The smallest absolute Gasteiger partial charge is 0.270 e. The van der Waals surface area contributed by atoms with Gasteiger partial charge in [0.1, 0.15) is 10.6 Å². The predicted molar refractivity (Wildman–Crippen MR) is 70.9 cm³/mol. The van der Waals surface area contributed by atoms with E-state index in [1.165, 1.54) is 12.3 Å². The molecule has 3 rings (SSSR count). The molecule has 2 fully saturated rings. The van der Waals surface area contributed by atoms with E-state index in [4.69, 9.17) is 10.7 Å². The van der Waals surface area contributed by atoms with Crippen molar-refractivity contribution in [1.82, 2.24) is 9.47 Å². The van der Waals surface area contributed by atoms with Crippen molar-refractivity contribution in [2.45, 2.75) is 42.7 Å². The lowest BCUT2D eigenvalue weighted by Crippen LogP contribution is -2.30. The zero-order chi connectivity index (χ0) is 13.8. The van der Waals surface area contributed by atoms with Gasteiger partial charge in [0.15, 0.2) is 0 Å². The Morgan fingerprint density at radius 2 is 2.00 bits per heavy atom. The molecule has 2 saturated carbocycles. The van der Waals surface area contributed by atoms with Crippen LogP contribution in [0.2, 0.25) is 0 Å². The van der Waals surface area contributed by atoms with E-state index in [0.29, 0.717) is 11.7 Å². The van der Waals surface area contributed by atoms with Gasteiger partial charge in [0.05, 0.1) is 0 Å². The van der Waals surface area contributed by atoms with Crippen molar-refractivity contribution >= 4 is 25.6 Å². The highest BCUT2D eigenvalue weighted by atomic mass is 35.7. The molecule has 1 heterocycles. The summed E-state index contributed by atoms with van der Waals surface area (Å²) in [7, 11) is 3.33. The highest BCUT2D eigenvalue weighted by Gasteiger charge is 2.35. The second-order valence-corrected chi connectivity index (χ2v) is 7.85. The molecule has 0 atom stereocenters. The third-order valence-electron chi connectivity index (χ3n) is 3.68. The summed E-state index contributed by atoms with van der Waals surface area (Å²) < 4.78 is 24.6. The van der Waals surface area contributed by atoms with Gasteiger partial charge in [-0.2, -0.15) is 0 Å². The molecule has 0 saturated heterocycles. The molecule has 5 nitrogen and oxygen atoms in total. The van der Waals surface area contributed by atoms with E-state index in [1.54, 1.807) is 16.5 Å². The topological polar surface area (TPSA) is 59.4 Å². The van der Waals surface area contributed by atoms with Gasteiger partial charge in [-0.25, -0.2) is 8.42 Å². The highest BCUT2D eigenvalue weighted by Crippen LogP contribution is 2.38. The largest absolute Gasteiger partial charge is 0.339 e. The summed E-state index contributed by atoms with van der Waals surface area (Å²) in [6, 6.07) is 1.92. The molecule has 0 radical (unpaired) electrons. The third kappa shape index (κ3) is 2.51. The van der Waals surface area contributed by atoms with Crippen molar-refractivity contribution in [3.05, 3.63) is 18.0 Å². The lowest BCUT2D eigenvalue weighted by Gasteiger charge is -2.17. The van der Waals surface area contributed by atoms with Gasteiger partial charge in [-0.05, 0) is 31.7 Å². The van der Waals surface area contributed by atoms with Crippen LogP contribution in [0.25, 0.3) is 0 Å². The van der Waals surface area contributed by atoms with Crippen LogP contribution < -0.4 is 0 Å². The summed E-state index contributed by atoms with van der Waals surface area (Å²) in [5, 5.41) is 0. The van der Waals surface area contributed by atoms with Crippen LogP contribution in [0, 0.1) is 0 Å². The van der Waals surface area contributed by atoms with Crippen LogP contribution in [-0.2, 0) is 9.05 Å². The normalized spacial score (nSPS) is 19.5. The number of rotatable bonds is 4. The predicted octanol–water partition coefficient (Wildman–Crippen LogP) is 1.98. The molecule has 1 aromatic rings. The van der Waals surface area contributed by atoms with Gasteiger partial charge in [0.25, 0.3) is 15.0 Å². The first kappa shape index (κ1) is 13.0. The molecule has 2 aliphatic carbocycles. The Morgan fingerprint density at radius 1 is 1.37 bits per heavy atom. The standard InChI is InChI=1S/C12H15ClN2O3S/c1-14(8-2-3-8)12(16)11-6-10(19(13,17)18)7-15(11)9-4-5-9/h6-9H,2-5H2,1H3. The van der Waals surface area contributed by atoms with E-state index in [2.05, 4.69) is 0 Å². The van der Waals surface area contributed by atoms with Gasteiger partial charge >= 0.3 is 0 Å². The number of carbonyl (C=O) groups excluding carboxylic acids is 1. The zero-order valence-electron chi connectivity index (χ0n) is 10.5. The van der Waals surface area contributed by atoms with E-state index >= 15 is 0 Å². The molecule has 19 heavy (non-hydrogen) atoms. The Balaban J connectivity index is 1.98. The van der Waals surface area contributed by atoms with E-state index in [-0.39, 0.29) is 16.8 Å². The third-order valence-corrected chi connectivity index (χ3v) is 5.00. The van der Waals surface area contributed by atoms with Crippen LogP contribution in [0.3, 0.4) is 0 Å². The maximum Gasteiger partial charge on any atom is 0.270 e. The summed E-state index contributed by atoms with van der Waals surface area (Å²) in [5.41, 5.74) is 0.427. The van der Waals surface area contributed by atoms with E-state index in [9.17, 15) is 13.2 Å². The molecule has 104 valence electrons. The molecule has 1 amide bonds. The fourth-order valence-electron chi connectivity index (χ4n) is 2.22. The Labute approximate surface area is 116 Å². The van der Waals surface area contributed by atoms with Crippen LogP contribution >= 0.6 is 10.7 Å². The minimum absolute atomic E-state index is 0.00798. The number of hydrogen-bond donors (Lipinski definition) is 0. The van der Waals surface area contributed by atoms with E-state index < -0.39 is 9.05 Å². The molecule has 0 unspecified atom stereocenters. The molecule has 0 N–H and O–H groups in total. The monoisotopic (exact) mass is 302 g/mol. The van der Waals surface area contributed by atoms with Crippen molar-refractivity contribution in [2.75, 3.05) is 7.05 Å². The number of halogens is 1. The molecule has 7 heteroatoms. The Morgan fingerprint density at radius 3 is 2.47 bits per heavy atom. The summed E-state index contributed by atoms with van der Waals surface area (Å²) in [6.45, 7) is 0. The SMILES string of the molecule is CN(C(=O)c1cc(S(=O)(=O)Cl)cn1C1CC1)C1CC1. The van der Waals surface area contributed by atoms with Crippen molar-refractivity contribution in [2.24, 2.45) is 0 Å². The molecule has 0 bridgehead atoms. The summed E-state index contributed by atoms with van der Waals surface area (Å²) in [5.74, 6) is -0.124. The van der Waals surface area contributed by atoms with E-state index in [1.807, 2.05) is 0 Å². The molecule has 0 spiro atoms. The number of hydrogen-bond acceptors (Lipinski definition) is 3. The number of aromatic nitrogens is 1. The lowest BCUT2D eigenvalue weighted by atomic mass is 10.3. The molecular weight excluding hydrogens is 288 g/mol. The summed E-state index contributed by atoms with van der Waals surface area (Å²) in [4.78, 5) is 14.1. The summed E-state index contributed by atoms with van der Waals surface area (Å²) in [6.07, 6.45) is 5.47. The van der Waals surface area contributed by atoms with Crippen molar-refractivity contribution in [3.8, 4) is 0 Å². The maximum absolute atomic E-state index is 12.4. The fourth-order valence-corrected chi connectivity index (χ4v) is 2.97. The van der Waals surface area contributed by atoms with Crippen molar-refractivity contribution in [1.29, 1.82) is 0 Å². The Kier molecular flexibility index (Phi) is 2.90. The quantitative estimate of drug-likeness (QED) is 0.799. The van der Waals surface area contributed by atoms with E-state index in [0.717, 1.165) is 25.7 Å². The van der Waals surface area contributed by atoms with Crippen LogP contribution in [-0.4, -0.2) is 36.9 Å². The number of carbonyl (C=O) groups is 1. The zero-order valence-corrected chi connectivity index (χ0v) is 12.1. The van der Waals surface area contributed by atoms with Gasteiger partial charge in [-0.15, -0.1) is 0 Å². The van der Waals surface area contributed by atoms with Crippen molar-refractivity contribution in [3.63, 3.8) is 0 Å². The lowest BCUT2D eigenvalue weighted by molar-refractivity contribution is 0.0774. The van der Waals surface area contributed by atoms with Gasteiger partial charge in [0.2, 0.25) is 0 Å².